The van der Waals surface area contributed by atoms with Crippen LogP contribution >= 0.6 is 0 Å². The van der Waals surface area contributed by atoms with Crippen molar-refractivity contribution in [2.24, 2.45) is 0 Å². The van der Waals surface area contributed by atoms with Crippen LogP contribution in [-0.2, 0) is 0 Å². The fourth-order valence-corrected chi connectivity index (χ4v) is 2.57. The molecule has 0 aliphatic carbocycles. The molecule has 0 aliphatic heterocycles. The summed E-state index contributed by atoms with van der Waals surface area (Å²) < 4.78 is 204. The second-order valence-corrected chi connectivity index (χ2v) is 7.70. The van der Waals surface area contributed by atoms with Crippen LogP contribution in [0.25, 0.3) is 0 Å². The van der Waals surface area contributed by atoms with E-state index in [9.17, 15) is 71.0 Å². The highest BCUT2D eigenvalue weighted by atomic mass is 19.4. The van der Waals surface area contributed by atoms with Gasteiger partial charge in [0.1, 0.15) is 5.75 Å². The van der Waals surface area contributed by atoms with Crippen molar-refractivity contribution < 1.29 is 75.7 Å². The number of aliphatic hydroxyl groups is 1. The van der Waals surface area contributed by atoms with Gasteiger partial charge in [-0.3, -0.25) is 0 Å². The Labute approximate surface area is 193 Å². The fourth-order valence-electron chi connectivity index (χ4n) is 2.57. The third-order valence-electron chi connectivity index (χ3n) is 5.02. The molecule has 1 aromatic rings. The van der Waals surface area contributed by atoms with Gasteiger partial charge in [0, 0.05) is 6.42 Å². The van der Waals surface area contributed by atoms with Gasteiger partial charge in [-0.25, -0.2) is 0 Å². The summed E-state index contributed by atoms with van der Waals surface area (Å²) in [6.07, 6.45) is -13.2. The summed E-state index contributed by atoms with van der Waals surface area (Å²) in [6.45, 7) is 3.32. The van der Waals surface area contributed by atoms with Crippen molar-refractivity contribution >= 4 is 0 Å². The van der Waals surface area contributed by atoms with E-state index in [0.717, 1.165) is 24.3 Å². The molecule has 0 bridgehead atoms. The number of ether oxygens (including phenoxy) is 1. The molecule has 36 heavy (non-hydrogen) atoms. The number of alkyl halides is 15. The van der Waals surface area contributed by atoms with Crippen LogP contribution in [0.5, 0.6) is 5.75 Å². The number of halogens is 15. The van der Waals surface area contributed by atoms with Crippen LogP contribution in [0.15, 0.2) is 24.3 Å². The first kappa shape index (κ1) is 32.0. The monoisotopic (exact) mass is 562 g/mol. The normalized spacial score (nSPS) is 16.6. The van der Waals surface area contributed by atoms with Gasteiger partial charge < -0.3 is 9.84 Å². The molecule has 210 valence electrons. The number of hydrogen-bond donors (Lipinski definition) is 1. The SMILES string of the molecule is CCC(C)Oc1ccc(C(O)CC(F)(F)C(F)(F)C(F)(F)C(F)(F)C(F)(F)C(F)(F)C(F)(F)F)cc1. The predicted molar refractivity (Wildman–Crippen MR) is 92.1 cm³/mol. The summed E-state index contributed by atoms with van der Waals surface area (Å²) in [6, 6.07) is 3.54. The van der Waals surface area contributed by atoms with Crippen molar-refractivity contribution in [3.63, 3.8) is 0 Å². The minimum absolute atomic E-state index is 0.0661. The molecule has 0 heterocycles. The third kappa shape index (κ3) is 5.16. The molecule has 0 saturated heterocycles. The van der Waals surface area contributed by atoms with Crippen LogP contribution in [0.3, 0.4) is 0 Å². The quantitative estimate of drug-likeness (QED) is 0.281. The van der Waals surface area contributed by atoms with Gasteiger partial charge in [-0.15, -0.1) is 0 Å². The summed E-state index contributed by atoms with van der Waals surface area (Å²) >= 11 is 0. The van der Waals surface area contributed by atoms with Gasteiger partial charge in [0.25, 0.3) is 0 Å². The first-order chi connectivity index (χ1) is 15.8. The molecule has 1 aromatic carbocycles. The van der Waals surface area contributed by atoms with E-state index in [1.807, 2.05) is 0 Å². The van der Waals surface area contributed by atoms with Crippen LogP contribution in [0.4, 0.5) is 65.9 Å². The van der Waals surface area contributed by atoms with Crippen LogP contribution in [0, 0.1) is 0 Å². The van der Waals surface area contributed by atoms with Gasteiger partial charge in [0.2, 0.25) is 0 Å². The van der Waals surface area contributed by atoms with E-state index in [4.69, 9.17) is 4.74 Å². The van der Waals surface area contributed by atoms with Gasteiger partial charge >= 0.3 is 41.7 Å². The maximum Gasteiger partial charge on any atom is 0.460 e. The van der Waals surface area contributed by atoms with Crippen LogP contribution < -0.4 is 4.74 Å². The van der Waals surface area contributed by atoms with E-state index in [-0.39, 0.29) is 11.9 Å². The number of benzene rings is 1. The zero-order chi connectivity index (χ0) is 28.8. The highest BCUT2D eigenvalue weighted by Gasteiger charge is 2.93. The Morgan fingerprint density at radius 1 is 0.667 bits per heavy atom. The maximum absolute atomic E-state index is 14.0. The van der Waals surface area contributed by atoms with Crippen LogP contribution in [0.1, 0.15) is 38.4 Å². The van der Waals surface area contributed by atoms with Crippen molar-refractivity contribution in [3.8, 4) is 5.75 Å². The number of hydrogen-bond acceptors (Lipinski definition) is 2. The van der Waals surface area contributed by atoms with Crippen molar-refractivity contribution in [1.82, 2.24) is 0 Å². The summed E-state index contributed by atoms with van der Waals surface area (Å²) in [4.78, 5) is 0. The lowest BCUT2D eigenvalue weighted by atomic mass is 9.88. The summed E-state index contributed by atoms with van der Waals surface area (Å²) in [5.74, 6) is -47.0. The van der Waals surface area contributed by atoms with Gasteiger partial charge in [0.15, 0.2) is 0 Å². The molecule has 17 heteroatoms. The van der Waals surface area contributed by atoms with Gasteiger partial charge in [-0.2, -0.15) is 65.9 Å². The first-order valence-corrected chi connectivity index (χ1v) is 9.60. The highest BCUT2D eigenvalue weighted by Crippen LogP contribution is 2.63. The summed E-state index contributed by atoms with van der Waals surface area (Å²) in [5, 5.41) is 9.70. The van der Waals surface area contributed by atoms with Gasteiger partial charge in [-0.05, 0) is 31.0 Å². The zero-order valence-corrected chi connectivity index (χ0v) is 17.9. The van der Waals surface area contributed by atoms with E-state index in [1.165, 1.54) is 0 Å². The Bertz CT molecular complexity index is 878. The molecule has 0 aliphatic rings. The standard InChI is InChI=1S/C19H17F15O2/c1-3-9(2)36-11-6-4-10(5-7-11)12(35)8-13(20,21)14(22,23)15(24,25)16(26,27)17(28,29)18(30,31)19(32,33)34/h4-7,9,12,35H,3,8H2,1-2H3. The molecule has 0 radical (unpaired) electrons. The first-order valence-electron chi connectivity index (χ1n) is 9.60. The van der Waals surface area contributed by atoms with Crippen molar-refractivity contribution in [1.29, 1.82) is 0 Å². The number of aliphatic hydroxyl groups excluding tert-OH is 1. The molecular weight excluding hydrogens is 545 g/mol. The second kappa shape index (κ2) is 9.67. The van der Waals surface area contributed by atoms with E-state index in [1.54, 1.807) is 13.8 Å². The largest absolute Gasteiger partial charge is 0.491 e. The molecule has 0 aromatic heterocycles. The summed E-state index contributed by atoms with van der Waals surface area (Å²) in [7, 11) is 0. The van der Waals surface area contributed by atoms with E-state index in [2.05, 4.69) is 0 Å². The minimum Gasteiger partial charge on any atom is -0.491 e. The Morgan fingerprint density at radius 2 is 1.06 bits per heavy atom. The molecule has 0 fully saturated rings. The average Bonchev–Trinajstić information content (AvgIpc) is 2.72. The fraction of sp³-hybridized carbons (Fsp3) is 0.684. The third-order valence-corrected chi connectivity index (χ3v) is 5.02. The Morgan fingerprint density at radius 3 is 1.44 bits per heavy atom. The molecule has 0 amide bonds. The maximum atomic E-state index is 14.0. The molecule has 1 rings (SSSR count). The lowest BCUT2D eigenvalue weighted by Gasteiger charge is -2.41. The predicted octanol–water partition coefficient (Wildman–Crippen LogP) is 7.66. The highest BCUT2D eigenvalue weighted by molar-refractivity contribution is 5.29. The van der Waals surface area contributed by atoms with Gasteiger partial charge in [0.05, 0.1) is 12.2 Å². The lowest BCUT2D eigenvalue weighted by molar-refractivity contribution is -0.453. The van der Waals surface area contributed by atoms with Crippen molar-refractivity contribution in [2.75, 3.05) is 0 Å². The molecule has 0 spiro atoms. The molecule has 1 N–H and O–H groups in total. The Kier molecular flexibility index (Phi) is 8.58. The zero-order valence-electron chi connectivity index (χ0n) is 17.9. The van der Waals surface area contributed by atoms with Crippen LogP contribution in [-0.4, -0.2) is 52.9 Å². The Hall–Kier alpha value is -2.07. The summed E-state index contributed by atoms with van der Waals surface area (Å²) in [5.41, 5.74) is -0.703. The average molecular weight is 562 g/mol. The van der Waals surface area contributed by atoms with Gasteiger partial charge in [-0.1, -0.05) is 19.1 Å². The minimum atomic E-state index is -8.36. The lowest BCUT2D eigenvalue weighted by Crippen LogP contribution is -2.72. The topological polar surface area (TPSA) is 29.5 Å². The molecule has 2 nitrogen and oxygen atoms in total. The van der Waals surface area contributed by atoms with Crippen molar-refractivity contribution in [2.45, 2.75) is 80.6 Å². The van der Waals surface area contributed by atoms with Crippen molar-refractivity contribution in [3.05, 3.63) is 29.8 Å². The number of rotatable bonds is 11. The molecule has 0 saturated carbocycles. The van der Waals surface area contributed by atoms with Crippen LogP contribution in [0.2, 0.25) is 0 Å². The molecular formula is C19H17F15O2. The van der Waals surface area contributed by atoms with E-state index < -0.39 is 59.8 Å². The molecule has 2 atom stereocenters. The second-order valence-electron chi connectivity index (χ2n) is 7.70. The molecule has 2 unspecified atom stereocenters. The smallest absolute Gasteiger partial charge is 0.460 e. The van der Waals surface area contributed by atoms with E-state index in [0.29, 0.717) is 6.42 Å². The van der Waals surface area contributed by atoms with E-state index >= 15 is 0 Å². The Balaban J connectivity index is 3.32.